The highest BCUT2D eigenvalue weighted by Crippen LogP contribution is 2.62. The largest absolute Gasteiger partial charge is 0.349 e. The van der Waals surface area contributed by atoms with Crippen LogP contribution in [-0.2, 0) is 14.6 Å². The van der Waals surface area contributed by atoms with Gasteiger partial charge in [-0.1, -0.05) is 6.07 Å². The fourth-order valence-electron chi connectivity index (χ4n) is 5.17. The molecule has 33 heavy (non-hydrogen) atoms. The van der Waals surface area contributed by atoms with Gasteiger partial charge in [0.05, 0.1) is 20.9 Å². The van der Waals surface area contributed by atoms with Gasteiger partial charge in [0.2, 0.25) is 0 Å². The average Bonchev–Trinajstić information content (AvgIpc) is 3.10. The summed E-state index contributed by atoms with van der Waals surface area (Å²) >= 11 is 1.81. The predicted molar refractivity (Wildman–Crippen MR) is 131 cm³/mol. The summed E-state index contributed by atoms with van der Waals surface area (Å²) in [6.07, 6.45) is 6.96. The maximum Gasteiger partial charge on any atom is 0.251 e. The lowest BCUT2D eigenvalue weighted by molar-refractivity contribution is -0.0187. The maximum atomic E-state index is 12.8. The molecule has 2 heterocycles. The summed E-state index contributed by atoms with van der Waals surface area (Å²) in [7, 11) is -3.36. The van der Waals surface area contributed by atoms with E-state index in [1.807, 2.05) is 11.3 Å². The number of pyridine rings is 1. The van der Waals surface area contributed by atoms with E-state index in [0.717, 1.165) is 31.2 Å². The average molecular weight is 484 g/mol. The molecule has 2 aliphatic rings. The number of sulfone groups is 1. The first-order valence-corrected chi connectivity index (χ1v) is 14.0. The van der Waals surface area contributed by atoms with E-state index in [0.29, 0.717) is 22.6 Å². The Balaban J connectivity index is 1.18. The molecule has 0 radical (unpaired) electrons. The summed E-state index contributed by atoms with van der Waals surface area (Å²) in [5, 5.41) is 4.37. The van der Waals surface area contributed by atoms with Crippen LogP contribution in [0.5, 0.6) is 0 Å². The Labute approximate surface area is 198 Å². The van der Waals surface area contributed by atoms with Gasteiger partial charge in [-0.05, 0) is 81.7 Å². The Bertz CT molecular complexity index is 1350. The molecule has 2 aliphatic carbocycles. The molecule has 0 saturated heterocycles. The molecule has 6 nitrogen and oxygen atoms in total. The van der Waals surface area contributed by atoms with E-state index in [1.54, 1.807) is 26.0 Å². The molecule has 0 atom stereocenters. The molecule has 1 amide bonds. The zero-order chi connectivity index (χ0) is 23.6. The number of hydrogen-bond donors (Lipinski definition) is 1. The van der Waals surface area contributed by atoms with Gasteiger partial charge in [0, 0.05) is 30.0 Å². The lowest BCUT2D eigenvalue weighted by atomic mass is 9.50. The topological polar surface area (TPSA) is 89.0 Å². The van der Waals surface area contributed by atoms with E-state index in [4.69, 9.17) is 4.98 Å². The Morgan fingerprint density at radius 2 is 1.88 bits per heavy atom. The first kappa shape index (κ1) is 22.5. The van der Waals surface area contributed by atoms with Crippen LogP contribution in [-0.4, -0.2) is 36.6 Å². The van der Waals surface area contributed by atoms with Crippen molar-refractivity contribution in [2.24, 2.45) is 5.41 Å². The van der Waals surface area contributed by atoms with Crippen molar-refractivity contribution in [3.8, 4) is 0 Å². The molecule has 1 spiro atoms. The number of aromatic nitrogens is 2. The molecular weight excluding hydrogens is 454 g/mol. The Morgan fingerprint density at radius 1 is 1.15 bits per heavy atom. The van der Waals surface area contributed by atoms with Gasteiger partial charge in [-0.3, -0.25) is 9.78 Å². The van der Waals surface area contributed by atoms with Crippen LogP contribution in [0, 0.1) is 12.3 Å². The molecular formula is C25H29N3O3S2. The van der Waals surface area contributed by atoms with Crippen molar-refractivity contribution in [2.75, 3.05) is 6.26 Å². The van der Waals surface area contributed by atoms with Gasteiger partial charge in [-0.2, -0.15) is 0 Å². The third-order valence-corrected chi connectivity index (χ3v) is 10.8. The van der Waals surface area contributed by atoms with Crippen LogP contribution in [0.2, 0.25) is 0 Å². The minimum atomic E-state index is -3.36. The lowest BCUT2D eigenvalue weighted by Gasteiger charge is -2.57. The van der Waals surface area contributed by atoms with E-state index in [9.17, 15) is 13.2 Å². The smallest absolute Gasteiger partial charge is 0.251 e. The number of aryl methyl sites for hydroxylation is 1. The summed E-state index contributed by atoms with van der Waals surface area (Å²) in [6, 6.07) is 9.85. The van der Waals surface area contributed by atoms with Crippen molar-refractivity contribution in [2.45, 2.75) is 63.2 Å². The molecule has 3 aromatic rings. The van der Waals surface area contributed by atoms with Gasteiger partial charge in [0.1, 0.15) is 4.75 Å². The second-order valence-corrected chi connectivity index (χ2v) is 14.0. The zero-order valence-corrected chi connectivity index (χ0v) is 21.0. The quantitative estimate of drug-likeness (QED) is 0.566. The molecule has 0 aliphatic heterocycles. The summed E-state index contributed by atoms with van der Waals surface area (Å²) in [5.41, 5.74) is 3.51. The molecule has 2 aromatic heterocycles. The van der Waals surface area contributed by atoms with Crippen molar-refractivity contribution in [1.82, 2.24) is 15.3 Å². The highest BCUT2D eigenvalue weighted by Gasteiger charge is 2.54. The molecule has 2 saturated carbocycles. The van der Waals surface area contributed by atoms with Crippen LogP contribution >= 0.6 is 11.3 Å². The van der Waals surface area contributed by atoms with E-state index in [-0.39, 0.29) is 11.9 Å². The minimum absolute atomic E-state index is 0.163. The van der Waals surface area contributed by atoms with Crippen molar-refractivity contribution in [3.63, 3.8) is 0 Å². The molecule has 1 aromatic carbocycles. The predicted octanol–water partition coefficient (Wildman–Crippen LogP) is 4.74. The van der Waals surface area contributed by atoms with Crippen molar-refractivity contribution < 1.29 is 13.2 Å². The first-order chi connectivity index (χ1) is 15.5. The van der Waals surface area contributed by atoms with E-state index < -0.39 is 14.6 Å². The second kappa shape index (κ2) is 7.60. The van der Waals surface area contributed by atoms with Gasteiger partial charge in [-0.15, -0.1) is 11.3 Å². The Morgan fingerprint density at radius 3 is 2.58 bits per heavy atom. The summed E-state index contributed by atoms with van der Waals surface area (Å²) < 4.78 is 24.4. The normalized spacial score (nSPS) is 25.0. The number of fused-ring (bicyclic) bond motifs is 1. The monoisotopic (exact) mass is 483 g/mol. The molecule has 174 valence electrons. The highest BCUT2D eigenvalue weighted by atomic mass is 32.2. The third-order valence-electron chi connectivity index (χ3n) is 7.53. The number of nitrogens with one attached hydrogen (secondary N) is 1. The lowest BCUT2D eigenvalue weighted by Crippen LogP contribution is -2.55. The molecule has 8 heteroatoms. The SMILES string of the molecule is Cc1ccc2sc(C3CC4(CC(NC(=O)c5ccnc(C(C)(C)S(C)(=O)=O)c5)C4)C3)nc2c1. The number of rotatable bonds is 5. The van der Waals surface area contributed by atoms with Crippen LogP contribution in [0.25, 0.3) is 10.2 Å². The number of carbonyl (C=O) groups is 1. The molecule has 0 bridgehead atoms. The second-order valence-electron chi connectivity index (χ2n) is 10.4. The molecule has 5 rings (SSSR count). The van der Waals surface area contributed by atoms with Gasteiger partial charge in [0.25, 0.3) is 5.91 Å². The third kappa shape index (κ3) is 3.97. The van der Waals surface area contributed by atoms with Gasteiger partial charge >= 0.3 is 0 Å². The van der Waals surface area contributed by atoms with Crippen molar-refractivity contribution >= 4 is 37.3 Å². The maximum absolute atomic E-state index is 12.8. The number of thiazole rings is 1. The van der Waals surface area contributed by atoms with Crippen LogP contribution in [0.1, 0.15) is 72.1 Å². The number of nitrogens with zero attached hydrogens (tertiary/aromatic N) is 2. The van der Waals surface area contributed by atoms with Crippen LogP contribution < -0.4 is 5.32 Å². The fraction of sp³-hybridized carbons (Fsp3) is 0.480. The van der Waals surface area contributed by atoms with E-state index in [1.165, 1.54) is 27.7 Å². The first-order valence-electron chi connectivity index (χ1n) is 11.3. The summed E-state index contributed by atoms with van der Waals surface area (Å²) in [4.78, 5) is 21.9. The number of carbonyl (C=O) groups excluding carboxylic acids is 1. The van der Waals surface area contributed by atoms with E-state index in [2.05, 4.69) is 35.4 Å². The standard InChI is InChI=1S/C25H29N3O3S2/c1-15-5-6-20-19(9-15)28-23(32-20)17-11-25(12-17)13-18(14-25)27-22(29)16-7-8-26-21(10-16)24(2,3)33(4,30)31/h5-10,17-18H,11-14H2,1-4H3,(H,27,29). The van der Waals surface area contributed by atoms with Gasteiger partial charge < -0.3 is 5.32 Å². The van der Waals surface area contributed by atoms with Crippen LogP contribution in [0.15, 0.2) is 36.5 Å². The fourth-order valence-corrected chi connectivity index (χ4v) is 6.71. The van der Waals surface area contributed by atoms with E-state index >= 15 is 0 Å². The molecule has 0 unspecified atom stereocenters. The van der Waals surface area contributed by atoms with Crippen LogP contribution in [0.3, 0.4) is 0 Å². The summed E-state index contributed by atoms with van der Waals surface area (Å²) in [5.74, 6) is 0.362. The minimum Gasteiger partial charge on any atom is -0.349 e. The Kier molecular flexibility index (Phi) is 5.17. The van der Waals surface area contributed by atoms with Gasteiger partial charge in [0.15, 0.2) is 9.84 Å². The van der Waals surface area contributed by atoms with Crippen LogP contribution in [0.4, 0.5) is 0 Å². The number of benzene rings is 1. The van der Waals surface area contributed by atoms with Crippen molar-refractivity contribution in [1.29, 1.82) is 0 Å². The number of amides is 1. The Hall–Kier alpha value is -2.32. The summed E-state index contributed by atoms with van der Waals surface area (Å²) in [6.45, 7) is 5.32. The molecule has 2 fully saturated rings. The molecule has 1 N–H and O–H groups in total. The highest BCUT2D eigenvalue weighted by molar-refractivity contribution is 7.91. The van der Waals surface area contributed by atoms with Gasteiger partial charge in [-0.25, -0.2) is 13.4 Å². The zero-order valence-electron chi connectivity index (χ0n) is 19.4. The van der Waals surface area contributed by atoms with Crippen molar-refractivity contribution in [3.05, 3.63) is 58.4 Å². The number of hydrogen-bond acceptors (Lipinski definition) is 6.